The van der Waals surface area contributed by atoms with Gasteiger partial charge in [0.2, 0.25) is 0 Å². The normalized spacial score (nSPS) is 25.4. The molecule has 0 aromatic carbocycles. The maximum absolute atomic E-state index is 13.3. The molecule has 0 spiro atoms. The monoisotopic (exact) mass is 286 g/mol. The minimum Gasteiger partial charge on any atom is -0.313 e. The Morgan fingerprint density at radius 3 is 2.60 bits per heavy atom. The summed E-state index contributed by atoms with van der Waals surface area (Å²) < 4.78 is 39.8. The lowest BCUT2D eigenvalue weighted by molar-refractivity contribution is -0.199. The highest BCUT2D eigenvalue weighted by Crippen LogP contribution is 2.46. The maximum Gasteiger partial charge on any atom is 0.392 e. The highest BCUT2D eigenvalue weighted by molar-refractivity contribution is 5.26. The van der Waals surface area contributed by atoms with Gasteiger partial charge < -0.3 is 5.32 Å². The molecule has 112 valence electrons. The van der Waals surface area contributed by atoms with Crippen LogP contribution in [0.2, 0.25) is 0 Å². The predicted octanol–water partition coefficient (Wildman–Crippen LogP) is 4.02. The summed E-state index contributed by atoms with van der Waals surface area (Å²) in [5.74, 6) is -1.62. The van der Waals surface area contributed by atoms with Gasteiger partial charge in [-0.2, -0.15) is 13.2 Å². The van der Waals surface area contributed by atoms with Crippen molar-refractivity contribution < 1.29 is 13.2 Å². The number of pyridine rings is 1. The molecule has 20 heavy (non-hydrogen) atoms. The second-order valence-corrected chi connectivity index (χ2v) is 5.60. The van der Waals surface area contributed by atoms with Gasteiger partial charge in [0, 0.05) is 18.4 Å². The third kappa shape index (κ3) is 3.14. The molecule has 5 heteroatoms. The third-order valence-electron chi connectivity index (χ3n) is 4.39. The first-order valence-corrected chi connectivity index (χ1v) is 7.09. The Hall–Kier alpha value is -1.10. The summed E-state index contributed by atoms with van der Waals surface area (Å²) in [7, 11) is 1.74. The van der Waals surface area contributed by atoms with Crippen LogP contribution in [-0.4, -0.2) is 18.2 Å². The van der Waals surface area contributed by atoms with Gasteiger partial charge in [-0.25, -0.2) is 0 Å². The third-order valence-corrected chi connectivity index (χ3v) is 4.39. The van der Waals surface area contributed by atoms with Crippen LogP contribution in [0.5, 0.6) is 0 Å². The van der Waals surface area contributed by atoms with Gasteiger partial charge in [0.15, 0.2) is 0 Å². The van der Waals surface area contributed by atoms with Gasteiger partial charge in [0.1, 0.15) is 0 Å². The second-order valence-electron chi connectivity index (χ2n) is 5.60. The zero-order valence-electron chi connectivity index (χ0n) is 11.9. The van der Waals surface area contributed by atoms with E-state index in [0.717, 1.165) is 17.5 Å². The second kappa shape index (κ2) is 6.12. The SMILES string of the molecule is CNC(c1cnccc1C)C1CCCCC1C(F)(F)F. The number of halogens is 3. The Bertz CT molecular complexity index is 445. The molecule has 2 nitrogen and oxygen atoms in total. The Kier molecular flexibility index (Phi) is 4.68. The zero-order valence-corrected chi connectivity index (χ0v) is 11.9. The number of alkyl halides is 3. The standard InChI is InChI=1S/C15H21F3N2/c1-10-7-8-20-9-12(10)14(19-2)11-5-3-4-6-13(11)15(16,17)18/h7-9,11,13-14,19H,3-6H2,1-2H3. The number of rotatable bonds is 3. The van der Waals surface area contributed by atoms with Crippen LogP contribution in [-0.2, 0) is 0 Å². The summed E-state index contributed by atoms with van der Waals surface area (Å²) in [4.78, 5) is 4.08. The van der Waals surface area contributed by atoms with Crippen LogP contribution in [0.3, 0.4) is 0 Å². The highest BCUT2D eigenvalue weighted by Gasteiger charge is 2.48. The lowest BCUT2D eigenvalue weighted by Crippen LogP contribution is -2.40. The van der Waals surface area contributed by atoms with E-state index in [1.54, 1.807) is 19.4 Å². The number of hydrogen-bond acceptors (Lipinski definition) is 2. The Labute approximate surface area is 117 Å². The number of nitrogens with zero attached hydrogens (tertiary/aromatic N) is 1. The summed E-state index contributed by atoms with van der Waals surface area (Å²) in [6.45, 7) is 1.92. The fourth-order valence-electron chi connectivity index (χ4n) is 3.37. The molecule has 3 atom stereocenters. The van der Waals surface area contributed by atoms with Crippen LogP contribution in [0.15, 0.2) is 18.5 Å². The predicted molar refractivity (Wildman–Crippen MR) is 72.3 cm³/mol. The molecule has 1 N–H and O–H groups in total. The Balaban J connectivity index is 2.32. The summed E-state index contributed by atoms with van der Waals surface area (Å²) >= 11 is 0. The largest absolute Gasteiger partial charge is 0.392 e. The molecule has 0 amide bonds. The number of nitrogens with one attached hydrogen (secondary N) is 1. The first-order chi connectivity index (χ1) is 9.45. The molecule has 3 unspecified atom stereocenters. The molecule has 1 aromatic rings. The summed E-state index contributed by atoms with van der Waals surface area (Å²) in [5.41, 5.74) is 1.88. The Morgan fingerprint density at radius 2 is 2.00 bits per heavy atom. The van der Waals surface area contributed by atoms with Crippen LogP contribution in [0.1, 0.15) is 42.9 Å². The molecule has 1 fully saturated rings. The van der Waals surface area contributed by atoms with Gasteiger partial charge in [-0.05, 0) is 49.9 Å². The van der Waals surface area contributed by atoms with Gasteiger partial charge in [-0.15, -0.1) is 0 Å². The number of hydrogen-bond donors (Lipinski definition) is 1. The van der Waals surface area contributed by atoms with Gasteiger partial charge in [-0.3, -0.25) is 4.98 Å². The quantitative estimate of drug-likeness (QED) is 0.907. The van der Waals surface area contributed by atoms with Gasteiger partial charge >= 0.3 is 6.18 Å². The number of aryl methyl sites for hydroxylation is 1. The van der Waals surface area contributed by atoms with Crippen LogP contribution < -0.4 is 5.32 Å². The average Bonchev–Trinajstić information content (AvgIpc) is 2.41. The van der Waals surface area contributed by atoms with E-state index in [4.69, 9.17) is 0 Å². The van der Waals surface area contributed by atoms with E-state index < -0.39 is 18.0 Å². The van der Waals surface area contributed by atoms with Crippen molar-refractivity contribution in [2.45, 2.75) is 44.8 Å². The first-order valence-electron chi connectivity index (χ1n) is 7.09. The Morgan fingerprint density at radius 1 is 1.30 bits per heavy atom. The van der Waals surface area contributed by atoms with Crippen molar-refractivity contribution in [2.24, 2.45) is 11.8 Å². The van der Waals surface area contributed by atoms with E-state index in [1.807, 2.05) is 13.0 Å². The van der Waals surface area contributed by atoms with Crippen LogP contribution in [0, 0.1) is 18.8 Å². The minimum atomic E-state index is -4.11. The molecule has 1 saturated carbocycles. The van der Waals surface area contributed by atoms with Crippen LogP contribution in [0.4, 0.5) is 13.2 Å². The molecule has 1 aliphatic rings. The molecule has 2 rings (SSSR count). The van der Waals surface area contributed by atoms with E-state index >= 15 is 0 Å². The van der Waals surface area contributed by atoms with Crippen molar-refractivity contribution in [3.8, 4) is 0 Å². The van der Waals surface area contributed by atoms with Crippen molar-refractivity contribution in [1.29, 1.82) is 0 Å². The molecular formula is C15H21F3N2. The van der Waals surface area contributed by atoms with E-state index in [9.17, 15) is 13.2 Å². The lowest BCUT2D eigenvalue weighted by atomic mass is 9.73. The number of aromatic nitrogens is 1. The molecule has 0 aliphatic heterocycles. The topological polar surface area (TPSA) is 24.9 Å². The minimum absolute atomic E-state index is 0.242. The molecule has 0 radical (unpaired) electrons. The highest BCUT2D eigenvalue weighted by atomic mass is 19.4. The van der Waals surface area contributed by atoms with Gasteiger partial charge in [0.05, 0.1) is 5.92 Å². The van der Waals surface area contributed by atoms with Crippen molar-refractivity contribution >= 4 is 0 Å². The molecule has 0 saturated heterocycles. The lowest BCUT2D eigenvalue weighted by Gasteiger charge is -2.38. The van der Waals surface area contributed by atoms with Crippen molar-refractivity contribution in [3.05, 3.63) is 29.6 Å². The first kappa shape index (κ1) is 15.3. The fraction of sp³-hybridized carbons (Fsp3) is 0.667. The van der Waals surface area contributed by atoms with E-state index in [0.29, 0.717) is 12.8 Å². The zero-order chi connectivity index (χ0) is 14.8. The van der Waals surface area contributed by atoms with Gasteiger partial charge in [-0.1, -0.05) is 12.8 Å². The van der Waals surface area contributed by atoms with Crippen LogP contribution in [0.25, 0.3) is 0 Å². The summed E-state index contributed by atoms with van der Waals surface area (Å²) in [5, 5.41) is 3.09. The smallest absolute Gasteiger partial charge is 0.313 e. The molecule has 1 aromatic heterocycles. The summed E-state index contributed by atoms with van der Waals surface area (Å²) in [6, 6.07) is 1.57. The van der Waals surface area contributed by atoms with Gasteiger partial charge in [0.25, 0.3) is 0 Å². The molecule has 1 heterocycles. The molecule has 1 aliphatic carbocycles. The average molecular weight is 286 g/mol. The van der Waals surface area contributed by atoms with Crippen molar-refractivity contribution in [1.82, 2.24) is 10.3 Å². The van der Waals surface area contributed by atoms with E-state index in [1.165, 1.54) is 0 Å². The molecular weight excluding hydrogens is 265 g/mol. The summed E-state index contributed by atoms with van der Waals surface area (Å²) in [6.07, 6.45) is 1.65. The fourth-order valence-corrected chi connectivity index (χ4v) is 3.37. The van der Waals surface area contributed by atoms with E-state index in [-0.39, 0.29) is 12.5 Å². The van der Waals surface area contributed by atoms with Crippen molar-refractivity contribution in [2.75, 3.05) is 7.05 Å². The van der Waals surface area contributed by atoms with E-state index in [2.05, 4.69) is 10.3 Å². The molecule has 0 bridgehead atoms. The maximum atomic E-state index is 13.3. The van der Waals surface area contributed by atoms with Crippen LogP contribution >= 0.6 is 0 Å². The van der Waals surface area contributed by atoms with Crippen molar-refractivity contribution in [3.63, 3.8) is 0 Å².